The lowest BCUT2D eigenvalue weighted by Gasteiger charge is -2.20. The maximum atomic E-state index is 12.1. The minimum absolute atomic E-state index is 0.0966. The van der Waals surface area contributed by atoms with Crippen LogP contribution in [0.2, 0.25) is 0 Å². The van der Waals surface area contributed by atoms with Gasteiger partial charge in [0.25, 0.3) is 0 Å². The molecule has 3 rings (SSSR count). The predicted octanol–water partition coefficient (Wildman–Crippen LogP) is 1.92. The second-order valence-corrected chi connectivity index (χ2v) is 6.50. The summed E-state index contributed by atoms with van der Waals surface area (Å²) in [4.78, 5) is 30.1. The van der Waals surface area contributed by atoms with Gasteiger partial charge >= 0.3 is 0 Å². The molecule has 7 heteroatoms. The Bertz CT molecular complexity index is 567. The van der Waals surface area contributed by atoms with Crippen LogP contribution in [0, 0.1) is 0 Å². The molecule has 0 aromatic carbocycles. The summed E-state index contributed by atoms with van der Waals surface area (Å²) >= 11 is 0. The molecule has 1 atom stereocenters. The minimum atomic E-state index is -0.303. The zero-order valence-electron chi connectivity index (χ0n) is 13.6. The molecule has 1 saturated carbocycles. The van der Waals surface area contributed by atoms with E-state index >= 15 is 0 Å². The van der Waals surface area contributed by atoms with E-state index in [0.29, 0.717) is 31.2 Å². The van der Waals surface area contributed by atoms with E-state index in [1.807, 2.05) is 6.92 Å². The van der Waals surface area contributed by atoms with Gasteiger partial charge in [-0.05, 0) is 32.6 Å². The Balaban J connectivity index is 1.45. The number of amides is 2. The first-order valence-electron chi connectivity index (χ1n) is 8.54. The minimum Gasteiger partial charge on any atom is -0.345 e. The summed E-state index contributed by atoms with van der Waals surface area (Å²) in [5, 5.41) is 6.82. The van der Waals surface area contributed by atoms with Crippen molar-refractivity contribution in [2.45, 2.75) is 63.8 Å². The maximum absolute atomic E-state index is 12.1. The number of hydrogen-bond acceptors (Lipinski definition) is 5. The molecule has 1 aliphatic heterocycles. The van der Waals surface area contributed by atoms with E-state index in [9.17, 15) is 9.59 Å². The molecule has 1 N–H and O–H groups in total. The van der Waals surface area contributed by atoms with Crippen LogP contribution in [-0.4, -0.2) is 39.9 Å². The van der Waals surface area contributed by atoms with E-state index in [2.05, 4.69) is 15.5 Å². The Morgan fingerprint density at radius 3 is 3.00 bits per heavy atom. The van der Waals surface area contributed by atoms with Crippen molar-refractivity contribution in [1.29, 1.82) is 0 Å². The summed E-state index contributed by atoms with van der Waals surface area (Å²) in [6, 6.07) is -0.303. The largest absolute Gasteiger partial charge is 0.345 e. The fraction of sp³-hybridized carbons (Fsp3) is 0.750. The molecular formula is C16H24N4O3. The van der Waals surface area contributed by atoms with E-state index in [0.717, 1.165) is 44.5 Å². The van der Waals surface area contributed by atoms with Crippen LogP contribution in [0.5, 0.6) is 0 Å². The number of nitrogens with zero attached hydrogens (tertiary/aromatic N) is 3. The molecule has 1 aromatic heterocycles. The first kappa shape index (κ1) is 16.0. The summed E-state index contributed by atoms with van der Waals surface area (Å²) in [6.45, 7) is 3.07. The van der Waals surface area contributed by atoms with Gasteiger partial charge in [-0.15, -0.1) is 0 Å². The molecule has 2 heterocycles. The van der Waals surface area contributed by atoms with Gasteiger partial charge in [0.05, 0.1) is 0 Å². The Hall–Kier alpha value is -1.92. The molecule has 7 nitrogen and oxygen atoms in total. The summed E-state index contributed by atoms with van der Waals surface area (Å²) in [7, 11) is 0. The quantitative estimate of drug-likeness (QED) is 0.865. The Labute approximate surface area is 135 Å². The molecule has 0 spiro atoms. The average molecular weight is 320 g/mol. The number of aromatic nitrogens is 2. The summed E-state index contributed by atoms with van der Waals surface area (Å²) < 4.78 is 5.22. The number of carbonyl (C=O) groups is 2. The fourth-order valence-electron chi connectivity index (χ4n) is 2.82. The van der Waals surface area contributed by atoms with Crippen LogP contribution in [0.4, 0.5) is 0 Å². The number of rotatable bonds is 6. The highest BCUT2D eigenvalue weighted by Crippen LogP contribution is 2.38. The van der Waals surface area contributed by atoms with Gasteiger partial charge in [-0.3, -0.25) is 9.59 Å². The summed E-state index contributed by atoms with van der Waals surface area (Å²) in [5.74, 6) is 1.70. The second kappa shape index (κ2) is 7.10. The Morgan fingerprint density at radius 1 is 1.39 bits per heavy atom. The predicted molar refractivity (Wildman–Crippen MR) is 82.5 cm³/mol. The van der Waals surface area contributed by atoms with Crippen molar-refractivity contribution in [3.05, 3.63) is 11.7 Å². The standard InChI is InChI=1S/C16H24N4O3/c1-11(16-18-15(19-23-16)12-6-7-12)17-13(21)8-10-20-9-4-2-3-5-14(20)22/h11-12H,2-10H2,1H3,(H,17,21)/t11-/m0/s1. The molecule has 2 amide bonds. The Morgan fingerprint density at radius 2 is 2.22 bits per heavy atom. The molecule has 2 fully saturated rings. The molecule has 1 saturated heterocycles. The normalized spacial score (nSPS) is 20.2. The number of carbonyl (C=O) groups excluding carboxylic acids is 2. The molecular weight excluding hydrogens is 296 g/mol. The van der Waals surface area contributed by atoms with Crippen molar-refractivity contribution in [2.24, 2.45) is 0 Å². The lowest BCUT2D eigenvalue weighted by Crippen LogP contribution is -2.35. The van der Waals surface area contributed by atoms with E-state index in [1.165, 1.54) is 0 Å². The summed E-state index contributed by atoms with van der Waals surface area (Å²) in [5.41, 5.74) is 0. The van der Waals surface area contributed by atoms with E-state index in [-0.39, 0.29) is 17.9 Å². The van der Waals surface area contributed by atoms with Crippen LogP contribution in [0.25, 0.3) is 0 Å². The van der Waals surface area contributed by atoms with Gasteiger partial charge in [-0.25, -0.2) is 0 Å². The number of likely N-dealkylation sites (tertiary alicyclic amines) is 1. The van der Waals surface area contributed by atoms with Gasteiger partial charge in [-0.2, -0.15) is 4.98 Å². The first-order valence-corrected chi connectivity index (χ1v) is 8.54. The van der Waals surface area contributed by atoms with Crippen LogP contribution in [0.3, 0.4) is 0 Å². The first-order chi connectivity index (χ1) is 11.1. The molecule has 0 unspecified atom stereocenters. The molecule has 1 aromatic rings. The molecule has 23 heavy (non-hydrogen) atoms. The highest BCUT2D eigenvalue weighted by atomic mass is 16.5. The van der Waals surface area contributed by atoms with Gasteiger partial charge < -0.3 is 14.7 Å². The van der Waals surface area contributed by atoms with Gasteiger partial charge in [0.1, 0.15) is 6.04 Å². The third-order valence-corrected chi connectivity index (χ3v) is 4.43. The van der Waals surface area contributed by atoms with Crippen LogP contribution in [-0.2, 0) is 9.59 Å². The third kappa shape index (κ3) is 4.30. The van der Waals surface area contributed by atoms with E-state index < -0.39 is 0 Å². The van der Waals surface area contributed by atoms with Crippen molar-refractivity contribution < 1.29 is 14.1 Å². The molecule has 2 aliphatic rings. The van der Waals surface area contributed by atoms with Gasteiger partial charge in [0, 0.05) is 31.8 Å². The zero-order valence-corrected chi connectivity index (χ0v) is 13.6. The van der Waals surface area contributed by atoms with Crippen LogP contribution in [0.1, 0.15) is 75.5 Å². The molecule has 0 bridgehead atoms. The number of hydrogen-bond donors (Lipinski definition) is 1. The lowest BCUT2D eigenvalue weighted by molar-refractivity contribution is -0.131. The van der Waals surface area contributed by atoms with Gasteiger partial charge in [0.15, 0.2) is 5.82 Å². The van der Waals surface area contributed by atoms with E-state index in [4.69, 9.17) is 4.52 Å². The monoisotopic (exact) mass is 320 g/mol. The van der Waals surface area contributed by atoms with Crippen molar-refractivity contribution >= 4 is 11.8 Å². The fourth-order valence-corrected chi connectivity index (χ4v) is 2.82. The van der Waals surface area contributed by atoms with Crippen molar-refractivity contribution in [2.75, 3.05) is 13.1 Å². The van der Waals surface area contributed by atoms with Crippen molar-refractivity contribution in [3.63, 3.8) is 0 Å². The summed E-state index contributed by atoms with van der Waals surface area (Å²) in [6.07, 6.45) is 6.21. The third-order valence-electron chi connectivity index (χ3n) is 4.43. The SMILES string of the molecule is C[C@H](NC(=O)CCN1CCCCCC1=O)c1nc(C2CC2)no1. The van der Waals surface area contributed by atoms with Crippen molar-refractivity contribution in [1.82, 2.24) is 20.4 Å². The van der Waals surface area contributed by atoms with Crippen LogP contribution >= 0.6 is 0 Å². The Kier molecular flexibility index (Phi) is 4.93. The second-order valence-electron chi connectivity index (χ2n) is 6.50. The van der Waals surface area contributed by atoms with Crippen LogP contribution < -0.4 is 5.32 Å². The number of nitrogens with one attached hydrogen (secondary N) is 1. The molecule has 0 radical (unpaired) electrons. The van der Waals surface area contributed by atoms with Crippen molar-refractivity contribution in [3.8, 4) is 0 Å². The average Bonchev–Trinajstić information content (AvgIpc) is 3.29. The highest BCUT2D eigenvalue weighted by Gasteiger charge is 2.29. The molecule has 126 valence electrons. The van der Waals surface area contributed by atoms with Gasteiger partial charge in [0.2, 0.25) is 17.7 Å². The maximum Gasteiger partial charge on any atom is 0.248 e. The topological polar surface area (TPSA) is 88.3 Å². The van der Waals surface area contributed by atoms with Gasteiger partial charge in [-0.1, -0.05) is 11.6 Å². The molecule has 1 aliphatic carbocycles. The lowest BCUT2D eigenvalue weighted by atomic mass is 10.2. The highest BCUT2D eigenvalue weighted by molar-refractivity contribution is 5.79. The zero-order chi connectivity index (χ0) is 16.2. The van der Waals surface area contributed by atoms with Crippen LogP contribution in [0.15, 0.2) is 4.52 Å². The smallest absolute Gasteiger partial charge is 0.248 e. The van der Waals surface area contributed by atoms with E-state index in [1.54, 1.807) is 4.90 Å².